The maximum atomic E-state index is 4.52. The molecule has 0 aliphatic heterocycles. The Morgan fingerprint density at radius 1 is 0.955 bits per heavy atom. The number of nitrogens with zero attached hydrogens (tertiary/aromatic N) is 3. The van der Waals surface area contributed by atoms with Crippen LogP contribution in [-0.2, 0) is 0 Å². The van der Waals surface area contributed by atoms with E-state index in [2.05, 4.69) is 57.6 Å². The summed E-state index contributed by atoms with van der Waals surface area (Å²) in [5.41, 5.74) is 5.04. The molecule has 0 spiro atoms. The van der Waals surface area contributed by atoms with Gasteiger partial charge in [0.2, 0.25) is 0 Å². The second-order valence-electron chi connectivity index (χ2n) is 5.31. The second-order valence-corrected chi connectivity index (χ2v) is 5.31. The van der Waals surface area contributed by atoms with E-state index < -0.39 is 0 Å². The van der Waals surface area contributed by atoms with Gasteiger partial charge in [0.1, 0.15) is 11.5 Å². The number of rotatable bonds is 1. The van der Waals surface area contributed by atoms with E-state index in [0.29, 0.717) is 0 Å². The van der Waals surface area contributed by atoms with Crippen LogP contribution in [0.1, 0.15) is 28.3 Å². The summed E-state index contributed by atoms with van der Waals surface area (Å²) in [6, 6.07) is 12.3. The minimum Gasteiger partial charge on any atom is -0.303 e. The van der Waals surface area contributed by atoms with Crippen LogP contribution < -0.4 is 0 Å². The Balaban J connectivity index is 1.91. The average molecular weight is 287 g/mol. The van der Waals surface area contributed by atoms with Crippen molar-refractivity contribution >= 4 is 0 Å². The molecule has 3 heteroatoms. The van der Waals surface area contributed by atoms with E-state index >= 15 is 0 Å². The molecule has 0 N–H and O–H groups in total. The van der Waals surface area contributed by atoms with Crippen LogP contribution in [0.2, 0.25) is 0 Å². The van der Waals surface area contributed by atoms with Crippen molar-refractivity contribution in [2.45, 2.75) is 20.8 Å². The van der Waals surface area contributed by atoms with Crippen molar-refractivity contribution in [1.82, 2.24) is 14.5 Å². The molecule has 108 valence electrons. The van der Waals surface area contributed by atoms with Gasteiger partial charge < -0.3 is 4.57 Å². The molecular formula is C19H17N3. The number of imidazole rings is 1. The summed E-state index contributed by atoms with van der Waals surface area (Å²) in [6.07, 6.45) is 3.75. The van der Waals surface area contributed by atoms with Gasteiger partial charge in [0.15, 0.2) is 0 Å². The zero-order chi connectivity index (χ0) is 15.5. The quantitative estimate of drug-likeness (QED) is 0.640. The van der Waals surface area contributed by atoms with Crippen LogP contribution in [0.3, 0.4) is 0 Å². The molecule has 1 aromatic carbocycles. The molecule has 0 amide bonds. The largest absolute Gasteiger partial charge is 0.303 e. The zero-order valence-corrected chi connectivity index (χ0v) is 13.0. The zero-order valence-electron chi connectivity index (χ0n) is 13.0. The van der Waals surface area contributed by atoms with Gasteiger partial charge in [-0.1, -0.05) is 23.6 Å². The molecule has 2 heterocycles. The summed E-state index contributed by atoms with van der Waals surface area (Å²) in [5, 5.41) is 0. The molecule has 0 radical (unpaired) electrons. The number of pyridine rings is 1. The summed E-state index contributed by atoms with van der Waals surface area (Å²) < 4.78 is 2.06. The average Bonchev–Trinajstić information content (AvgIpc) is 2.87. The van der Waals surface area contributed by atoms with E-state index in [4.69, 9.17) is 0 Å². The Kier molecular flexibility index (Phi) is 3.76. The van der Waals surface area contributed by atoms with E-state index in [1.807, 2.05) is 32.2 Å². The number of aromatic nitrogens is 3. The smallest absolute Gasteiger partial charge is 0.132 e. The van der Waals surface area contributed by atoms with Gasteiger partial charge in [0, 0.05) is 29.3 Å². The second kappa shape index (κ2) is 5.87. The first-order chi connectivity index (χ1) is 10.6. The Bertz CT molecular complexity index is 862. The van der Waals surface area contributed by atoms with Crippen LogP contribution >= 0.6 is 0 Å². The van der Waals surface area contributed by atoms with Crippen molar-refractivity contribution in [2.75, 3.05) is 0 Å². The number of hydrogen-bond acceptors (Lipinski definition) is 2. The molecule has 3 rings (SSSR count). The van der Waals surface area contributed by atoms with Crippen LogP contribution in [0.4, 0.5) is 0 Å². The fraction of sp³-hybridized carbons (Fsp3) is 0.158. The first kappa shape index (κ1) is 14.1. The molecule has 3 nitrogen and oxygen atoms in total. The van der Waals surface area contributed by atoms with Gasteiger partial charge in [-0.3, -0.25) is 4.98 Å². The lowest BCUT2D eigenvalue weighted by Gasteiger charge is -2.04. The molecule has 0 aliphatic carbocycles. The van der Waals surface area contributed by atoms with Crippen molar-refractivity contribution in [3.05, 3.63) is 77.1 Å². The lowest BCUT2D eigenvalue weighted by atomic mass is 10.2. The highest BCUT2D eigenvalue weighted by Crippen LogP contribution is 2.13. The first-order valence-corrected chi connectivity index (χ1v) is 7.19. The molecule has 2 aromatic heterocycles. The summed E-state index contributed by atoms with van der Waals surface area (Å²) in [7, 11) is 0. The minimum atomic E-state index is 0.771. The van der Waals surface area contributed by atoms with Gasteiger partial charge in [-0.25, -0.2) is 4.98 Å². The van der Waals surface area contributed by atoms with E-state index in [1.54, 1.807) is 6.20 Å². The molecule has 0 atom stereocenters. The van der Waals surface area contributed by atoms with Gasteiger partial charge in [-0.15, -0.1) is 0 Å². The molecule has 0 saturated heterocycles. The Hall–Kier alpha value is -2.86. The van der Waals surface area contributed by atoms with Crippen molar-refractivity contribution < 1.29 is 0 Å². The molecular weight excluding hydrogens is 270 g/mol. The maximum Gasteiger partial charge on any atom is 0.132 e. The fourth-order valence-electron chi connectivity index (χ4n) is 2.26. The standard InChI is InChI=1S/C19H17N3/c1-14-4-8-19(9-5-14)22-13-18(21-16(22)3)7-6-17-10-11-20-15(2)12-17/h4-5,8-13H,1-3H3. The summed E-state index contributed by atoms with van der Waals surface area (Å²) in [4.78, 5) is 8.69. The fourth-order valence-corrected chi connectivity index (χ4v) is 2.26. The predicted octanol–water partition coefficient (Wildman–Crippen LogP) is 3.59. The van der Waals surface area contributed by atoms with Crippen LogP contribution in [0.15, 0.2) is 48.8 Å². The highest BCUT2D eigenvalue weighted by molar-refractivity contribution is 5.42. The molecule has 0 aliphatic rings. The van der Waals surface area contributed by atoms with Crippen molar-refractivity contribution in [3.63, 3.8) is 0 Å². The van der Waals surface area contributed by atoms with Gasteiger partial charge in [0.25, 0.3) is 0 Å². The molecule has 0 saturated carbocycles. The molecule has 0 unspecified atom stereocenters. The topological polar surface area (TPSA) is 30.7 Å². The van der Waals surface area contributed by atoms with Crippen LogP contribution in [0.25, 0.3) is 5.69 Å². The highest BCUT2D eigenvalue weighted by atomic mass is 15.1. The summed E-state index contributed by atoms with van der Waals surface area (Å²) >= 11 is 0. The molecule has 0 bridgehead atoms. The maximum absolute atomic E-state index is 4.52. The Morgan fingerprint density at radius 2 is 1.73 bits per heavy atom. The van der Waals surface area contributed by atoms with Gasteiger partial charge in [-0.2, -0.15) is 0 Å². The number of hydrogen-bond donors (Lipinski definition) is 0. The van der Waals surface area contributed by atoms with Crippen molar-refractivity contribution in [1.29, 1.82) is 0 Å². The first-order valence-electron chi connectivity index (χ1n) is 7.19. The van der Waals surface area contributed by atoms with Crippen LogP contribution in [0, 0.1) is 32.6 Å². The van der Waals surface area contributed by atoms with E-state index in [-0.39, 0.29) is 0 Å². The highest BCUT2D eigenvalue weighted by Gasteiger charge is 2.04. The third kappa shape index (κ3) is 3.07. The molecule has 22 heavy (non-hydrogen) atoms. The van der Waals surface area contributed by atoms with E-state index in [1.165, 1.54) is 5.56 Å². The van der Waals surface area contributed by atoms with E-state index in [0.717, 1.165) is 28.5 Å². The third-order valence-electron chi connectivity index (χ3n) is 3.43. The van der Waals surface area contributed by atoms with Gasteiger partial charge in [0.05, 0.1) is 0 Å². The molecule has 0 fully saturated rings. The lowest BCUT2D eigenvalue weighted by molar-refractivity contribution is 0.974. The number of aryl methyl sites for hydroxylation is 3. The lowest BCUT2D eigenvalue weighted by Crippen LogP contribution is -1.94. The van der Waals surface area contributed by atoms with Gasteiger partial charge in [-0.05, 0) is 51.0 Å². The predicted molar refractivity (Wildman–Crippen MR) is 88.0 cm³/mol. The normalized spacial score (nSPS) is 10.1. The SMILES string of the molecule is Cc1ccc(-n2cc(C#Cc3ccnc(C)c3)nc2C)cc1. The summed E-state index contributed by atoms with van der Waals surface area (Å²) in [5.74, 6) is 7.19. The third-order valence-corrected chi connectivity index (χ3v) is 3.43. The monoisotopic (exact) mass is 287 g/mol. The Labute approximate surface area is 130 Å². The van der Waals surface area contributed by atoms with Crippen molar-refractivity contribution in [3.8, 4) is 17.5 Å². The van der Waals surface area contributed by atoms with Crippen LogP contribution in [0.5, 0.6) is 0 Å². The van der Waals surface area contributed by atoms with Gasteiger partial charge >= 0.3 is 0 Å². The van der Waals surface area contributed by atoms with E-state index in [9.17, 15) is 0 Å². The summed E-state index contributed by atoms with van der Waals surface area (Å²) in [6.45, 7) is 6.03. The number of benzene rings is 1. The minimum absolute atomic E-state index is 0.771. The van der Waals surface area contributed by atoms with Crippen molar-refractivity contribution in [2.24, 2.45) is 0 Å². The Morgan fingerprint density at radius 3 is 2.45 bits per heavy atom. The van der Waals surface area contributed by atoms with Crippen LogP contribution in [-0.4, -0.2) is 14.5 Å². The molecule has 3 aromatic rings.